The van der Waals surface area contributed by atoms with Gasteiger partial charge < -0.3 is 13.9 Å². The summed E-state index contributed by atoms with van der Waals surface area (Å²) in [5.74, 6) is 3.78. The molecule has 2 aromatic heterocycles. The fraction of sp³-hybridized carbons (Fsp3) is 0.0741. The van der Waals surface area contributed by atoms with Crippen molar-refractivity contribution in [1.29, 1.82) is 0 Å². The van der Waals surface area contributed by atoms with E-state index in [4.69, 9.17) is 36.9 Å². The summed E-state index contributed by atoms with van der Waals surface area (Å²) in [4.78, 5) is 18.2. The summed E-state index contributed by atoms with van der Waals surface area (Å²) in [6.45, 7) is 0.0100. The van der Waals surface area contributed by atoms with Crippen molar-refractivity contribution in [2.75, 3.05) is 13.7 Å². The SMILES string of the molecule is C#CCOc1c(C=Nn2c(-c3cc4cc(Br)ccc4o3)nc3ccccc3c2=O)cc(Cl)cc1OC. The number of furan rings is 1. The number of para-hydroxylation sites is 1. The van der Waals surface area contributed by atoms with Gasteiger partial charge in [-0.3, -0.25) is 4.79 Å². The first kappa shape index (κ1) is 23.7. The molecule has 0 saturated heterocycles. The van der Waals surface area contributed by atoms with E-state index in [0.29, 0.717) is 44.3 Å². The minimum Gasteiger partial charge on any atom is -0.493 e. The predicted molar refractivity (Wildman–Crippen MR) is 144 cm³/mol. The second kappa shape index (κ2) is 9.90. The third kappa shape index (κ3) is 4.47. The molecule has 0 bridgehead atoms. The summed E-state index contributed by atoms with van der Waals surface area (Å²) < 4.78 is 19.2. The molecule has 0 fully saturated rings. The molecule has 0 atom stereocenters. The molecule has 0 aliphatic rings. The molecule has 2 heterocycles. The number of fused-ring (bicyclic) bond motifs is 2. The maximum atomic E-state index is 13.5. The van der Waals surface area contributed by atoms with Crippen LogP contribution in [0.25, 0.3) is 33.5 Å². The summed E-state index contributed by atoms with van der Waals surface area (Å²) >= 11 is 9.74. The van der Waals surface area contributed by atoms with Gasteiger partial charge in [0.15, 0.2) is 17.3 Å². The monoisotopic (exact) mass is 561 g/mol. The van der Waals surface area contributed by atoms with Crippen LogP contribution < -0.4 is 15.0 Å². The van der Waals surface area contributed by atoms with Crippen molar-refractivity contribution in [2.45, 2.75) is 0 Å². The van der Waals surface area contributed by atoms with Gasteiger partial charge in [0.25, 0.3) is 5.56 Å². The molecule has 0 amide bonds. The summed E-state index contributed by atoms with van der Waals surface area (Å²) in [6.07, 6.45) is 6.81. The van der Waals surface area contributed by atoms with Crippen LogP contribution in [0.1, 0.15) is 5.56 Å². The zero-order chi connectivity index (χ0) is 25.2. The van der Waals surface area contributed by atoms with Gasteiger partial charge in [-0.15, -0.1) is 6.42 Å². The van der Waals surface area contributed by atoms with Gasteiger partial charge in [-0.2, -0.15) is 9.78 Å². The first-order valence-corrected chi connectivity index (χ1v) is 11.8. The minimum absolute atomic E-state index is 0.0100. The molecule has 5 aromatic rings. The molecule has 0 aliphatic carbocycles. The van der Waals surface area contributed by atoms with Crippen LogP contribution in [0.15, 0.2) is 79.4 Å². The van der Waals surface area contributed by atoms with Crippen molar-refractivity contribution in [1.82, 2.24) is 9.66 Å². The van der Waals surface area contributed by atoms with Crippen molar-refractivity contribution in [3.63, 3.8) is 0 Å². The van der Waals surface area contributed by atoms with Gasteiger partial charge in [0.05, 0.1) is 24.2 Å². The lowest BCUT2D eigenvalue weighted by Gasteiger charge is -2.12. The Kier molecular flexibility index (Phi) is 6.51. The third-order valence-corrected chi connectivity index (χ3v) is 6.04. The number of nitrogens with zero attached hydrogens (tertiary/aromatic N) is 3. The highest BCUT2D eigenvalue weighted by Crippen LogP contribution is 2.34. The average Bonchev–Trinajstić information content (AvgIpc) is 3.30. The summed E-state index contributed by atoms with van der Waals surface area (Å²) in [5.41, 5.74) is 1.27. The Morgan fingerprint density at radius 3 is 2.86 bits per heavy atom. The zero-order valence-electron chi connectivity index (χ0n) is 18.9. The molecule has 0 N–H and O–H groups in total. The fourth-order valence-electron chi connectivity index (χ4n) is 3.74. The summed E-state index contributed by atoms with van der Waals surface area (Å²) in [5, 5.41) is 6.13. The van der Waals surface area contributed by atoms with E-state index in [1.807, 2.05) is 30.3 Å². The van der Waals surface area contributed by atoms with Crippen LogP contribution in [0.3, 0.4) is 0 Å². The van der Waals surface area contributed by atoms with Crippen molar-refractivity contribution >= 4 is 55.6 Å². The van der Waals surface area contributed by atoms with Gasteiger partial charge in [0, 0.05) is 26.5 Å². The lowest BCUT2D eigenvalue weighted by molar-refractivity contribution is 0.330. The van der Waals surface area contributed by atoms with E-state index in [1.54, 1.807) is 30.3 Å². The van der Waals surface area contributed by atoms with Crippen LogP contribution in [0.5, 0.6) is 11.5 Å². The van der Waals surface area contributed by atoms with Gasteiger partial charge in [0.2, 0.25) is 5.82 Å². The molecule has 3 aromatic carbocycles. The predicted octanol–water partition coefficient (Wildman–Crippen LogP) is 6.13. The molecule has 9 heteroatoms. The first-order valence-electron chi connectivity index (χ1n) is 10.7. The van der Waals surface area contributed by atoms with Crippen LogP contribution >= 0.6 is 27.5 Å². The Bertz CT molecular complexity index is 1750. The smallest absolute Gasteiger partial charge is 0.282 e. The second-order valence-electron chi connectivity index (χ2n) is 7.63. The van der Waals surface area contributed by atoms with Crippen molar-refractivity contribution in [2.24, 2.45) is 5.10 Å². The zero-order valence-corrected chi connectivity index (χ0v) is 21.2. The molecule has 5 rings (SSSR count). The highest BCUT2D eigenvalue weighted by Gasteiger charge is 2.17. The van der Waals surface area contributed by atoms with E-state index in [2.05, 4.69) is 27.0 Å². The van der Waals surface area contributed by atoms with Crippen molar-refractivity contribution < 1.29 is 13.9 Å². The summed E-state index contributed by atoms with van der Waals surface area (Å²) in [7, 11) is 1.49. The topological polar surface area (TPSA) is 78.9 Å². The number of methoxy groups -OCH3 is 1. The van der Waals surface area contributed by atoms with Crippen LogP contribution in [-0.4, -0.2) is 29.6 Å². The normalized spacial score (nSPS) is 11.3. The molecule has 0 unspecified atom stereocenters. The van der Waals surface area contributed by atoms with Crippen LogP contribution in [0, 0.1) is 12.3 Å². The Balaban J connectivity index is 1.72. The molecule has 178 valence electrons. The number of aromatic nitrogens is 2. The standard InChI is InChI=1S/C27H17BrClN3O4/c1-3-10-35-25-17(12-19(29)14-23(25)34-2)15-30-32-26(31-21-7-5-4-6-20(21)27(32)33)24-13-16-11-18(28)8-9-22(16)36-24/h1,4-9,11-15H,10H2,2H3. The van der Waals surface area contributed by atoms with Crippen molar-refractivity contribution in [3.8, 4) is 35.4 Å². The number of rotatable bonds is 6. The van der Waals surface area contributed by atoms with Crippen LogP contribution in [0.4, 0.5) is 0 Å². The number of benzene rings is 3. The number of halogens is 2. The molecule has 0 aliphatic heterocycles. The van der Waals surface area contributed by atoms with E-state index in [0.717, 1.165) is 9.86 Å². The molecular formula is C27H17BrClN3O4. The number of ether oxygens (including phenoxy) is 2. The van der Waals surface area contributed by atoms with Gasteiger partial charge in [-0.1, -0.05) is 45.6 Å². The van der Waals surface area contributed by atoms with E-state index in [9.17, 15) is 4.79 Å². The molecular weight excluding hydrogens is 546 g/mol. The van der Waals surface area contributed by atoms with Gasteiger partial charge >= 0.3 is 0 Å². The maximum Gasteiger partial charge on any atom is 0.282 e. The van der Waals surface area contributed by atoms with E-state index in [-0.39, 0.29) is 18.0 Å². The van der Waals surface area contributed by atoms with E-state index < -0.39 is 0 Å². The molecule has 7 nitrogen and oxygen atoms in total. The van der Waals surface area contributed by atoms with Gasteiger partial charge in [-0.05, 0) is 42.5 Å². The quantitative estimate of drug-likeness (QED) is 0.184. The highest BCUT2D eigenvalue weighted by atomic mass is 79.9. The van der Waals surface area contributed by atoms with E-state index in [1.165, 1.54) is 18.0 Å². The largest absolute Gasteiger partial charge is 0.493 e. The molecule has 0 spiro atoms. The number of hydrogen-bond acceptors (Lipinski definition) is 6. The molecule has 0 radical (unpaired) electrons. The van der Waals surface area contributed by atoms with E-state index >= 15 is 0 Å². The lowest BCUT2D eigenvalue weighted by Crippen LogP contribution is -2.20. The van der Waals surface area contributed by atoms with Crippen molar-refractivity contribution in [3.05, 3.63) is 86.1 Å². The Morgan fingerprint density at radius 1 is 1.22 bits per heavy atom. The lowest BCUT2D eigenvalue weighted by atomic mass is 10.2. The molecule has 0 saturated carbocycles. The highest BCUT2D eigenvalue weighted by molar-refractivity contribution is 9.10. The average molecular weight is 563 g/mol. The summed E-state index contributed by atoms with van der Waals surface area (Å²) in [6, 6.07) is 17.7. The minimum atomic E-state index is -0.367. The van der Waals surface area contributed by atoms with Crippen LogP contribution in [0.2, 0.25) is 5.02 Å². The number of hydrogen-bond donors (Lipinski definition) is 0. The van der Waals surface area contributed by atoms with Gasteiger partial charge in [-0.25, -0.2) is 4.98 Å². The Hall–Kier alpha value is -4.06. The van der Waals surface area contributed by atoms with Gasteiger partial charge in [0.1, 0.15) is 12.2 Å². The Morgan fingerprint density at radius 2 is 2.06 bits per heavy atom. The Labute approximate surface area is 219 Å². The third-order valence-electron chi connectivity index (χ3n) is 5.33. The maximum absolute atomic E-state index is 13.5. The fourth-order valence-corrected chi connectivity index (χ4v) is 4.33. The van der Waals surface area contributed by atoms with Crippen LogP contribution in [-0.2, 0) is 0 Å². The second-order valence-corrected chi connectivity index (χ2v) is 8.98. The first-order chi connectivity index (χ1) is 17.5. The number of terminal acetylenes is 1. The molecule has 36 heavy (non-hydrogen) atoms.